The summed E-state index contributed by atoms with van der Waals surface area (Å²) in [5.41, 5.74) is 0.330. The Morgan fingerprint density at radius 3 is 2.88 bits per heavy atom. The van der Waals surface area contributed by atoms with E-state index in [0.717, 1.165) is 0 Å². The van der Waals surface area contributed by atoms with Gasteiger partial charge in [0.15, 0.2) is 0 Å². The van der Waals surface area contributed by atoms with Crippen LogP contribution in [0.15, 0.2) is 12.5 Å². The summed E-state index contributed by atoms with van der Waals surface area (Å²) in [5.74, 6) is -0.659. The van der Waals surface area contributed by atoms with E-state index in [2.05, 4.69) is 15.0 Å². The number of esters is 1. The van der Waals surface area contributed by atoms with Crippen LogP contribution in [0.5, 0.6) is 0 Å². The van der Waals surface area contributed by atoms with Crippen molar-refractivity contribution in [1.82, 2.24) is 14.9 Å². The molecule has 1 aromatic heterocycles. The van der Waals surface area contributed by atoms with E-state index in [0.29, 0.717) is 5.69 Å². The van der Waals surface area contributed by atoms with Gasteiger partial charge in [0.25, 0.3) is 5.91 Å². The van der Waals surface area contributed by atoms with Gasteiger partial charge in [-0.3, -0.25) is 9.59 Å². The van der Waals surface area contributed by atoms with Crippen molar-refractivity contribution < 1.29 is 14.3 Å². The summed E-state index contributed by atoms with van der Waals surface area (Å²) < 4.78 is 5.82. The van der Waals surface area contributed by atoms with Gasteiger partial charge in [0.2, 0.25) is 0 Å². The van der Waals surface area contributed by atoms with Crippen LogP contribution < -0.4 is 5.32 Å². The van der Waals surface area contributed by atoms with Gasteiger partial charge in [-0.15, -0.1) is 0 Å². The van der Waals surface area contributed by atoms with Gasteiger partial charge in [-0.25, -0.2) is 4.98 Å². The van der Waals surface area contributed by atoms with Crippen LogP contribution in [0.2, 0.25) is 0 Å². The van der Waals surface area contributed by atoms with Crippen molar-refractivity contribution in [3.05, 3.63) is 18.2 Å². The van der Waals surface area contributed by atoms with Crippen LogP contribution in [-0.2, 0) is 16.6 Å². The lowest BCUT2D eigenvalue weighted by molar-refractivity contribution is -0.139. The number of halogens is 1. The number of nitrogens with zero attached hydrogens (tertiary/aromatic N) is 2. The number of methoxy groups -OCH3 is 1. The Balaban J connectivity index is 2.44. The highest BCUT2D eigenvalue weighted by Gasteiger charge is 2.17. The van der Waals surface area contributed by atoms with Crippen LogP contribution in [0.1, 0.15) is 10.5 Å². The molecule has 1 atom stereocenters. The molecule has 1 N–H and O–H groups in total. The number of ether oxygens (including phenoxy) is 1. The second-order valence-corrected chi connectivity index (χ2v) is 4.63. The highest BCUT2D eigenvalue weighted by Crippen LogP contribution is 2.01. The molecule has 0 fully saturated rings. The molecule has 0 bridgehead atoms. The summed E-state index contributed by atoms with van der Waals surface area (Å²) in [6.45, 7) is 0.225. The molecule has 0 radical (unpaired) electrons. The van der Waals surface area contributed by atoms with E-state index in [4.69, 9.17) is 0 Å². The third-order valence-corrected chi connectivity index (χ3v) is 2.79. The predicted molar refractivity (Wildman–Crippen MR) is 65.4 cm³/mol. The van der Waals surface area contributed by atoms with E-state index >= 15 is 0 Å². The highest BCUT2D eigenvalue weighted by atomic mass is 127. The van der Waals surface area contributed by atoms with Crippen molar-refractivity contribution >= 4 is 34.5 Å². The molecule has 0 aliphatic carbocycles. The lowest BCUT2D eigenvalue weighted by atomic mass is 10.4. The summed E-state index contributed by atoms with van der Waals surface area (Å²) in [7, 11) is 3.09. The minimum absolute atomic E-state index is 0.225. The lowest BCUT2D eigenvalue weighted by Gasteiger charge is -2.07. The van der Waals surface area contributed by atoms with Crippen LogP contribution >= 0.6 is 22.6 Å². The first kappa shape index (κ1) is 12.9. The Bertz CT molecular complexity index is 391. The van der Waals surface area contributed by atoms with Crippen molar-refractivity contribution in [3.63, 3.8) is 0 Å². The normalized spacial score (nSPS) is 11.9. The maximum Gasteiger partial charge on any atom is 0.320 e. The number of hydrogen-bond donors (Lipinski definition) is 1. The fourth-order valence-electron chi connectivity index (χ4n) is 1.01. The van der Waals surface area contributed by atoms with Crippen LogP contribution in [-0.4, -0.2) is 39.0 Å². The zero-order valence-electron chi connectivity index (χ0n) is 8.94. The standard InChI is InChI=1S/C9H12IN3O3/c1-13-4-7(12-5-13)8(14)11-3-6(10)9(15)16-2/h4-6H,3H2,1-2H3,(H,11,14). The summed E-state index contributed by atoms with van der Waals surface area (Å²) in [4.78, 5) is 26.5. The van der Waals surface area contributed by atoms with Crippen LogP contribution in [0.3, 0.4) is 0 Å². The Morgan fingerprint density at radius 1 is 1.69 bits per heavy atom. The summed E-state index contributed by atoms with van der Waals surface area (Å²) >= 11 is 1.91. The summed E-state index contributed by atoms with van der Waals surface area (Å²) in [5, 5.41) is 2.60. The molecule has 1 aromatic rings. The Labute approximate surface area is 107 Å². The van der Waals surface area contributed by atoms with E-state index in [-0.39, 0.29) is 18.4 Å². The number of aryl methyl sites for hydroxylation is 1. The van der Waals surface area contributed by atoms with Crippen molar-refractivity contribution in [3.8, 4) is 0 Å². The van der Waals surface area contributed by atoms with E-state index in [1.807, 2.05) is 22.6 Å². The number of nitrogens with one attached hydrogen (secondary N) is 1. The van der Waals surface area contributed by atoms with E-state index in [1.54, 1.807) is 17.8 Å². The minimum atomic E-state index is -0.393. The second-order valence-electron chi connectivity index (χ2n) is 3.13. The molecule has 0 aromatic carbocycles. The number of imidazole rings is 1. The number of alkyl halides is 1. The average molecular weight is 337 g/mol. The van der Waals surface area contributed by atoms with Gasteiger partial charge in [0.1, 0.15) is 9.62 Å². The predicted octanol–water partition coefficient (Wildman–Crippen LogP) is 0.126. The third-order valence-electron chi connectivity index (χ3n) is 1.84. The molecule has 0 aliphatic rings. The molecule has 88 valence electrons. The van der Waals surface area contributed by atoms with Gasteiger partial charge in [0.05, 0.1) is 13.4 Å². The quantitative estimate of drug-likeness (QED) is 0.481. The number of carbonyl (C=O) groups is 2. The van der Waals surface area contributed by atoms with Crippen molar-refractivity contribution in [1.29, 1.82) is 0 Å². The lowest BCUT2D eigenvalue weighted by Crippen LogP contribution is -2.34. The van der Waals surface area contributed by atoms with Gasteiger partial charge < -0.3 is 14.6 Å². The first-order valence-corrected chi connectivity index (χ1v) is 5.77. The number of amides is 1. The minimum Gasteiger partial charge on any atom is -0.468 e. The van der Waals surface area contributed by atoms with E-state index < -0.39 is 3.92 Å². The topological polar surface area (TPSA) is 73.2 Å². The number of rotatable bonds is 4. The van der Waals surface area contributed by atoms with Gasteiger partial charge >= 0.3 is 5.97 Å². The fraction of sp³-hybridized carbons (Fsp3) is 0.444. The average Bonchev–Trinajstić information content (AvgIpc) is 2.71. The van der Waals surface area contributed by atoms with Gasteiger partial charge in [0, 0.05) is 19.8 Å². The van der Waals surface area contributed by atoms with Crippen LogP contribution in [0, 0.1) is 0 Å². The smallest absolute Gasteiger partial charge is 0.320 e. The molecule has 0 saturated heterocycles. The molecule has 16 heavy (non-hydrogen) atoms. The van der Waals surface area contributed by atoms with E-state index in [1.165, 1.54) is 13.4 Å². The van der Waals surface area contributed by atoms with Crippen molar-refractivity contribution in [2.45, 2.75) is 3.92 Å². The molecule has 0 saturated carbocycles. The maximum atomic E-state index is 11.5. The molecule has 6 nitrogen and oxygen atoms in total. The largest absolute Gasteiger partial charge is 0.468 e. The van der Waals surface area contributed by atoms with Crippen LogP contribution in [0.4, 0.5) is 0 Å². The van der Waals surface area contributed by atoms with Crippen LogP contribution in [0.25, 0.3) is 0 Å². The first-order valence-electron chi connectivity index (χ1n) is 4.52. The highest BCUT2D eigenvalue weighted by molar-refractivity contribution is 14.1. The molecule has 7 heteroatoms. The van der Waals surface area contributed by atoms with Gasteiger partial charge in [-0.1, -0.05) is 22.6 Å². The number of hydrogen-bond acceptors (Lipinski definition) is 4. The molecular formula is C9H12IN3O3. The molecule has 1 unspecified atom stereocenters. The first-order chi connectivity index (χ1) is 7.54. The molecule has 1 rings (SSSR count). The van der Waals surface area contributed by atoms with Gasteiger partial charge in [-0.05, 0) is 0 Å². The monoisotopic (exact) mass is 337 g/mol. The zero-order valence-corrected chi connectivity index (χ0v) is 11.1. The summed E-state index contributed by atoms with van der Waals surface area (Å²) in [6, 6.07) is 0. The Kier molecular flexibility index (Phi) is 4.71. The molecule has 1 amide bonds. The zero-order chi connectivity index (χ0) is 12.1. The molecule has 0 spiro atoms. The molecule has 0 aliphatic heterocycles. The number of carbonyl (C=O) groups excluding carboxylic acids is 2. The van der Waals surface area contributed by atoms with Gasteiger partial charge in [-0.2, -0.15) is 0 Å². The molecule has 1 heterocycles. The maximum absolute atomic E-state index is 11.5. The Morgan fingerprint density at radius 2 is 2.38 bits per heavy atom. The molecular weight excluding hydrogens is 325 g/mol. The number of aromatic nitrogens is 2. The van der Waals surface area contributed by atoms with Crippen molar-refractivity contribution in [2.75, 3.05) is 13.7 Å². The van der Waals surface area contributed by atoms with E-state index in [9.17, 15) is 9.59 Å². The summed E-state index contributed by atoms with van der Waals surface area (Å²) in [6.07, 6.45) is 3.15. The van der Waals surface area contributed by atoms with Crippen molar-refractivity contribution in [2.24, 2.45) is 7.05 Å². The second kappa shape index (κ2) is 5.83. The Hall–Kier alpha value is -1.12. The third kappa shape index (κ3) is 3.47. The SMILES string of the molecule is COC(=O)C(I)CNC(=O)c1cn(C)cn1. The fourth-order valence-corrected chi connectivity index (χ4v) is 1.49.